The second-order valence-corrected chi connectivity index (χ2v) is 5.57. The van der Waals surface area contributed by atoms with Crippen molar-refractivity contribution >= 4 is 16.8 Å². The molecule has 20 heavy (non-hydrogen) atoms. The zero-order valence-corrected chi connectivity index (χ0v) is 12.9. The van der Waals surface area contributed by atoms with Gasteiger partial charge >= 0.3 is 0 Å². The number of carbonyl (C=O) groups is 1. The predicted octanol–water partition coefficient (Wildman–Crippen LogP) is 4.05. The molecule has 3 nitrogen and oxygen atoms in total. The molecule has 2 aromatic rings. The highest BCUT2D eigenvalue weighted by atomic mass is 16.2. The average Bonchev–Trinajstić information content (AvgIpc) is 2.73. The lowest BCUT2D eigenvalue weighted by Gasteiger charge is -2.17. The molecule has 0 aliphatic heterocycles. The number of nitrogens with zero attached hydrogens (tertiary/aromatic N) is 1. The van der Waals surface area contributed by atoms with Gasteiger partial charge in [0.05, 0.1) is 0 Å². The minimum Gasteiger partial charge on any atom is -0.358 e. The summed E-state index contributed by atoms with van der Waals surface area (Å²) in [5.41, 5.74) is 4.27. The lowest BCUT2D eigenvalue weighted by molar-refractivity contribution is 0.0793. The van der Waals surface area contributed by atoms with E-state index in [0.717, 1.165) is 29.4 Å². The smallest absolute Gasteiger partial charge is 0.253 e. The maximum absolute atomic E-state index is 12.4. The van der Waals surface area contributed by atoms with Crippen LogP contribution in [-0.2, 0) is 0 Å². The normalized spacial score (nSPS) is 11.0. The number of aromatic amines is 1. The number of carbonyl (C=O) groups excluding carboxylic acids is 1. The van der Waals surface area contributed by atoms with Crippen molar-refractivity contribution in [1.29, 1.82) is 0 Å². The summed E-state index contributed by atoms with van der Waals surface area (Å²) in [5.74, 6) is 0.112. The fourth-order valence-electron chi connectivity index (χ4n) is 2.52. The molecular weight excluding hydrogens is 248 g/mol. The fourth-order valence-corrected chi connectivity index (χ4v) is 2.52. The molecular formula is C17H24N2O. The van der Waals surface area contributed by atoms with E-state index in [2.05, 4.69) is 25.8 Å². The van der Waals surface area contributed by atoms with Crippen molar-refractivity contribution in [3.63, 3.8) is 0 Å². The van der Waals surface area contributed by atoms with Crippen LogP contribution in [0.1, 0.15) is 47.8 Å². The number of aromatic nitrogens is 1. The van der Waals surface area contributed by atoms with Gasteiger partial charge in [0.15, 0.2) is 0 Å². The molecule has 0 saturated carbocycles. The molecule has 0 bridgehead atoms. The SMILES string of the molecule is CCCCCN(C)C(=O)c1ccc2[nH]c(C)c(C)c2c1. The lowest BCUT2D eigenvalue weighted by atomic mass is 10.1. The second kappa shape index (κ2) is 6.12. The number of hydrogen-bond donors (Lipinski definition) is 1. The van der Waals surface area contributed by atoms with E-state index in [1.807, 2.05) is 30.1 Å². The van der Waals surface area contributed by atoms with Crippen LogP contribution < -0.4 is 0 Å². The summed E-state index contributed by atoms with van der Waals surface area (Å²) < 4.78 is 0. The number of benzene rings is 1. The first kappa shape index (κ1) is 14.6. The highest BCUT2D eigenvalue weighted by Gasteiger charge is 2.13. The molecule has 1 heterocycles. The van der Waals surface area contributed by atoms with Crippen LogP contribution in [0.3, 0.4) is 0 Å². The van der Waals surface area contributed by atoms with E-state index in [-0.39, 0.29) is 5.91 Å². The number of amides is 1. The van der Waals surface area contributed by atoms with Crippen molar-refractivity contribution < 1.29 is 4.79 Å². The Labute approximate surface area is 121 Å². The summed E-state index contributed by atoms with van der Waals surface area (Å²) in [6.07, 6.45) is 3.42. The van der Waals surface area contributed by atoms with Gasteiger partial charge in [0.25, 0.3) is 5.91 Å². The molecule has 1 amide bonds. The molecule has 108 valence electrons. The third kappa shape index (κ3) is 2.87. The van der Waals surface area contributed by atoms with E-state index < -0.39 is 0 Å². The van der Waals surface area contributed by atoms with E-state index in [1.54, 1.807) is 0 Å². The van der Waals surface area contributed by atoms with Gasteiger partial charge in [-0.2, -0.15) is 0 Å². The number of rotatable bonds is 5. The standard InChI is InChI=1S/C17H24N2O/c1-5-6-7-10-19(4)17(20)14-8-9-16-15(11-14)12(2)13(3)18-16/h8-9,11,18H,5-7,10H2,1-4H3. The second-order valence-electron chi connectivity index (χ2n) is 5.57. The van der Waals surface area contributed by atoms with Gasteiger partial charge in [-0.1, -0.05) is 19.8 Å². The molecule has 0 radical (unpaired) electrons. The van der Waals surface area contributed by atoms with E-state index in [0.29, 0.717) is 0 Å². The summed E-state index contributed by atoms with van der Waals surface area (Å²) >= 11 is 0. The van der Waals surface area contributed by atoms with Crippen LogP contribution in [0.2, 0.25) is 0 Å². The molecule has 0 atom stereocenters. The number of aryl methyl sites for hydroxylation is 2. The Morgan fingerprint density at radius 1 is 1.25 bits per heavy atom. The van der Waals surface area contributed by atoms with Gasteiger partial charge in [-0.25, -0.2) is 0 Å². The van der Waals surface area contributed by atoms with Gasteiger partial charge in [-0.05, 0) is 44.0 Å². The van der Waals surface area contributed by atoms with E-state index in [1.165, 1.54) is 24.1 Å². The van der Waals surface area contributed by atoms with Crippen molar-refractivity contribution in [3.8, 4) is 0 Å². The predicted molar refractivity (Wildman–Crippen MR) is 84.3 cm³/mol. The van der Waals surface area contributed by atoms with Gasteiger partial charge in [-0.15, -0.1) is 0 Å². The van der Waals surface area contributed by atoms with Gasteiger partial charge in [0.2, 0.25) is 0 Å². The van der Waals surface area contributed by atoms with Crippen molar-refractivity contribution in [2.75, 3.05) is 13.6 Å². The topological polar surface area (TPSA) is 36.1 Å². The molecule has 1 aromatic heterocycles. The third-order valence-electron chi connectivity index (χ3n) is 4.00. The van der Waals surface area contributed by atoms with Crippen molar-refractivity contribution in [2.45, 2.75) is 40.0 Å². The van der Waals surface area contributed by atoms with Crippen LogP contribution in [0.4, 0.5) is 0 Å². The Balaban J connectivity index is 2.19. The lowest BCUT2D eigenvalue weighted by Crippen LogP contribution is -2.27. The van der Waals surface area contributed by atoms with Gasteiger partial charge in [-0.3, -0.25) is 4.79 Å². The van der Waals surface area contributed by atoms with Crippen LogP contribution in [0, 0.1) is 13.8 Å². The van der Waals surface area contributed by atoms with Crippen molar-refractivity contribution in [1.82, 2.24) is 9.88 Å². The molecule has 0 saturated heterocycles. The van der Waals surface area contributed by atoms with E-state index >= 15 is 0 Å². The van der Waals surface area contributed by atoms with Gasteiger partial charge < -0.3 is 9.88 Å². The first-order valence-electron chi connectivity index (χ1n) is 7.39. The molecule has 3 heteroatoms. The van der Waals surface area contributed by atoms with E-state index in [9.17, 15) is 4.79 Å². The van der Waals surface area contributed by atoms with Crippen molar-refractivity contribution in [3.05, 3.63) is 35.0 Å². The summed E-state index contributed by atoms with van der Waals surface area (Å²) in [5, 5.41) is 1.15. The maximum Gasteiger partial charge on any atom is 0.253 e. The minimum absolute atomic E-state index is 0.112. The fraction of sp³-hybridized carbons (Fsp3) is 0.471. The Morgan fingerprint density at radius 2 is 2.00 bits per heavy atom. The monoisotopic (exact) mass is 272 g/mol. The molecule has 0 spiro atoms. The van der Waals surface area contributed by atoms with Gasteiger partial charge in [0, 0.05) is 35.8 Å². The number of fused-ring (bicyclic) bond motifs is 1. The summed E-state index contributed by atoms with van der Waals surface area (Å²) in [6.45, 7) is 7.16. The zero-order chi connectivity index (χ0) is 14.7. The quantitative estimate of drug-likeness (QED) is 0.819. The molecule has 2 rings (SSSR count). The summed E-state index contributed by atoms with van der Waals surface area (Å²) in [4.78, 5) is 17.6. The molecule has 1 aromatic carbocycles. The molecule has 0 aliphatic carbocycles. The van der Waals surface area contributed by atoms with Gasteiger partial charge in [0.1, 0.15) is 0 Å². The Hall–Kier alpha value is -1.77. The van der Waals surface area contributed by atoms with E-state index in [4.69, 9.17) is 0 Å². The highest BCUT2D eigenvalue weighted by molar-refractivity contribution is 5.98. The van der Waals surface area contributed by atoms with Crippen LogP contribution in [-0.4, -0.2) is 29.4 Å². The maximum atomic E-state index is 12.4. The Morgan fingerprint density at radius 3 is 2.70 bits per heavy atom. The number of H-pyrrole nitrogens is 1. The molecule has 1 N–H and O–H groups in total. The number of unbranched alkanes of at least 4 members (excludes halogenated alkanes) is 2. The van der Waals surface area contributed by atoms with Crippen LogP contribution in [0.25, 0.3) is 10.9 Å². The number of nitrogens with one attached hydrogen (secondary N) is 1. The Kier molecular flexibility index (Phi) is 4.48. The van der Waals surface area contributed by atoms with Crippen LogP contribution in [0.5, 0.6) is 0 Å². The van der Waals surface area contributed by atoms with Crippen LogP contribution >= 0.6 is 0 Å². The Bertz CT molecular complexity index is 613. The minimum atomic E-state index is 0.112. The summed E-state index contributed by atoms with van der Waals surface area (Å²) in [7, 11) is 1.89. The van der Waals surface area contributed by atoms with Crippen LogP contribution in [0.15, 0.2) is 18.2 Å². The highest BCUT2D eigenvalue weighted by Crippen LogP contribution is 2.22. The molecule has 0 fully saturated rings. The van der Waals surface area contributed by atoms with Crippen molar-refractivity contribution in [2.24, 2.45) is 0 Å². The summed E-state index contributed by atoms with van der Waals surface area (Å²) in [6, 6.07) is 5.92. The first-order valence-corrected chi connectivity index (χ1v) is 7.39. The molecule has 0 aliphatic rings. The number of hydrogen-bond acceptors (Lipinski definition) is 1. The molecule has 0 unspecified atom stereocenters. The first-order chi connectivity index (χ1) is 9.54. The zero-order valence-electron chi connectivity index (χ0n) is 12.9. The average molecular weight is 272 g/mol. The third-order valence-corrected chi connectivity index (χ3v) is 4.00. The largest absolute Gasteiger partial charge is 0.358 e.